The Morgan fingerprint density at radius 1 is 1.20 bits per heavy atom. The van der Waals surface area contributed by atoms with Crippen molar-refractivity contribution < 1.29 is 23.4 Å². The highest BCUT2D eigenvalue weighted by molar-refractivity contribution is 5.99. The van der Waals surface area contributed by atoms with Gasteiger partial charge in [-0.15, -0.1) is 0 Å². The Morgan fingerprint density at radius 2 is 2.03 bits per heavy atom. The maximum Gasteiger partial charge on any atom is 0.261 e. The Kier molecular flexibility index (Phi) is 5.83. The van der Waals surface area contributed by atoms with Gasteiger partial charge >= 0.3 is 0 Å². The van der Waals surface area contributed by atoms with Crippen molar-refractivity contribution in [1.82, 2.24) is 9.88 Å². The molecule has 7 heteroatoms. The van der Waals surface area contributed by atoms with Crippen LogP contribution in [0.15, 0.2) is 54.9 Å². The number of methoxy groups -OCH3 is 1. The minimum atomic E-state index is -2.67. The molecule has 158 valence electrons. The van der Waals surface area contributed by atoms with Crippen molar-refractivity contribution in [3.05, 3.63) is 54.9 Å². The number of hydrogen-bond acceptors (Lipinski definition) is 5. The second kappa shape index (κ2) is 8.53. The predicted molar refractivity (Wildman–Crippen MR) is 111 cm³/mol. The number of nitrogens with zero attached hydrogens (tertiary/aromatic N) is 2. The quantitative estimate of drug-likeness (QED) is 0.634. The number of aliphatic hydroxyl groups is 1. The summed E-state index contributed by atoms with van der Waals surface area (Å²) in [5.74, 6) is -1.43. The summed E-state index contributed by atoms with van der Waals surface area (Å²) in [6.07, 6.45) is 2.34. The predicted octanol–water partition coefficient (Wildman–Crippen LogP) is 3.99. The van der Waals surface area contributed by atoms with Crippen LogP contribution >= 0.6 is 0 Å². The summed E-state index contributed by atoms with van der Waals surface area (Å²) >= 11 is 0. The van der Waals surface area contributed by atoms with Crippen molar-refractivity contribution in [2.24, 2.45) is 0 Å². The average molecular weight is 414 g/mol. The summed E-state index contributed by atoms with van der Waals surface area (Å²) in [6.45, 7) is 0.152. The van der Waals surface area contributed by atoms with Crippen molar-refractivity contribution in [2.45, 2.75) is 18.4 Å². The maximum atomic E-state index is 13.3. The van der Waals surface area contributed by atoms with Crippen LogP contribution in [0.3, 0.4) is 0 Å². The second-order valence-corrected chi connectivity index (χ2v) is 7.57. The van der Waals surface area contributed by atoms with Crippen molar-refractivity contribution in [1.29, 1.82) is 0 Å². The lowest BCUT2D eigenvalue weighted by atomic mass is 9.98. The molecule has 0 radical (unpaired) electrons. The summed E-state index contributed by atoms with van der Waals surface area (Å²) in [6, 6.07) is 13.6. The molecule has 3 aromatic rings. The van der Waals surface area contributed by atoms with Crippen LogP contribution < -0.4 is 9.47 Å². The number of rotatable bonds is 7. The number of alkyl halides is 2. The fourth-order valence-corrected chi connectivity index (χ4v) is 3.86. The summed E-state index contributed by atoms with van der Waals surface area (Å²) in [5.41, 5.74) is 1.81. The van der Waals surface area contributed by atoms with Gasteiger partial charge in [-0.1, -0.05) is 24.3 Å². The first kappa shape index (κ1) is 20.5. The van der Waals surface area contributed by atoms with E-state index >= 15 is 0 Å². The normalized spacial score (nSPS) is 17.2. The van der Waals surface area contributed by atoms with Gasteiger partial charge < -0.3 is 14.6 Å². The first-order chi connectivity index (χ1) is 14.4. The van der Waals surface area contributed by atoms with E-state index in [0.717, 1.165) is 21.9 Å². The van der Waals surface area contributed by atoms with Gasteiger partial charge in [0.25, 0.3) is 5.92 Å². The molecule has 0 bridgehead atoms. The van der Waals surface area contributed by atoms with Gasteiger partial charge in [-0.2, -0.15) is 0 Å². The SMILES string of the molecule is COc1cnccc1-c1cc(OCC(O)CN2CCC(F)(F)C2)cc2ccccc12. The Bertz CT molecular complexity index is 1030. The van der Waals surface area contributed by atoms with E-state index in [4.69, 9.17) is 9.47 Å². The number of halogens is 2. The van der Waals surface area contributed by atoms with Crippen LogP contribution in [-0.2, 0) is 0 Å². The van der Waals surface area contributed by atoms with Crippen LogP contribution in [0.5, 0.6) is 11.5 Å². The summed E-state index contributed by atoms with van der Waals surface area (Å²) in [5, 5.41) is 12.3. The Morgan fingerprint density at radius 3 is 2.80 bits per heavy atom. The molecular weight excluding hydrogens is 390 g/mol. The van der Waals surface area contributed by atoms with E-state index in [2.05, 4.69) is 4.98 Å². The molecular formula is C23H24F2N2O3. The van der Waals surface area contributed by atoms with E-state index in [1.165, 1.54) is 0 Å². The van der Waals surface area contributed by atoms with Gasteiger partial charge in [0.05, 0.1) is 19.9 Å². The van der Waals surface area contributed by atoms with Crippen molar-refractivity contribution in [3.8, 4) is 22.6 Å². The molecule has 1 aliphatic rings. The first-order valence-electron chi connectivity index (χ1n) is 9.87. The third kappa shape index (κ3) is 4.52. The number of benzene rings is 2. The molecule has 30 heavy (non-hydrogen) atoms. The maximum absolute atomic E-state index is 13.3. The highest BCUT2D eigenvalue weighted by Gasteiger charge is 2.38. The molecule has 0 saturated carbocycles. The number of fused-ring (bicyclic) bond motifs is 1. The molecule has 1 unspecified atom stereocenters. The molecule has 2 aromatic carbocycles. The zero-order valence-corrected chi connectivity index (χ0v) is 16.7. The van der Waals surface area contributed by atoms with Crippen molar-refractivity contribution >= 4 is 10.8 Å². The molecule has 2 heterocycles. The van der Waals surface area contributed by atoms with E-state index in [-0.39, 0.29) is 32.7 Å². The number of aromatic nitrogens is 1. The smallest absolute Gasteiger partial charge is 0.261 e. The van der Waals surface area contributed by atoms with Gasteiger partial charge in [0, 0.05) is 31.3 Å². The van der Waals surface area contributed by atoms with E-state index in [1.54, 1.807) is 24.4 Å². The Labute approximate surface area is 173 Å². The number of likely N-dealkylation sites (tertiary alicyclic amines) is 1. The molecule has 1 aliphatic heterocycles. The number of aliphatic hydroxyl groups excluding tert-OH is 1. The number of pyridine rings is 1. The third-order valence-electron chi connectivity index (χ3n) is 5.29. The average Bonchev–Trinajstić information content (AvgIpc) is 3.09. The number of ether oxygens (including phenoxy) is 2. The fraction of sp³-hybridized carbons (Fsp3) is 0.348. The molecule has 1 aromatic heterocycles. The molecule has 1 saturated heterocycles. The summed E-state index contributed by atoms with van der Waals surface area (Å²) in [7, 11) is 1.60. The minimum absolute atomic E-state index is 0.0212. The van der Waals surface area contributed by atoms with E-state index in [1.807, 2.05) is 42.5 Å². The molecule has 1 fully saturated rings. The standard InChI is InChI=1S/C23H24F2N2O3/c1-29-22-12-26-8-6-20(22)21-11-18(10-16-4-2-3-5-19(16)21)30-14-17(28)13-27-9-7-23(24,25)15-27/h2-6,8,10-12,17,28H,7,9,13-15H2,1H3. The van der Waals surface area contributed by atoms with Crippen LogP contribution in [0.4, 0.5) is 8.78 Å². The lowest BCUT2D eigenvalue weighted by Crippen LogP contribution is -2.35. The van der Waals surface area contributed by atoms with Gasteiger partial charge in [-0.05, 0) is 34.5 Å². The molecule has 1 atom stereocenters. The van der Waals surface area contributed by atoms with Gasteiger partial charge in [0.15, 0.2) is 0 Å². The second-order valence-electron chi connectivity index (χ2n) is 7.57. The molecule has 4 rings (SSSR count). The van der Waals surface area contributed by atoms with Gasteiger partial charge in [0.1, 0.15) is 24.2 Å². The zero-order chi connectivity index (χ0) is 21.1. The molecule has 1 N–H and O–H groups in total. The number of hydrogen-bond donors (Lipinski definition) is 1. The minimum Gasteiger partial charge on any atom is -0.494 e. The van der Waals surface area contributed by atoms with Crippen LogP contribution in [0.25, 0.3) is 21.9 Å². The first-order valence-corrected chi connectivity index (χ1v) is 9.87. The van der Waals surface area contributed by atoms with Gasteiger partial charge in [-0.25, -0.2) is 8.78 Å². The van der Waals surface area contributed by atoms with Crippen LogP contribution in [0.2, 0.25) is 0 Å². The van der Waals surface area contributed by atoms with Crippen LogP contribution in [0.1, 0.15) is 6.42 Å². The van der Waals surface area contributed by atoms with Gasteiger partial charge in [0.2, 0.25) is 0 Å². The highest BCUT2D eigenvalue weighted by atomic mass is 19.3. The van der Waals surface area contributed by atoms with Crippen molar-refractivity contribution in [2.75, 3.05) is 33.4 Å². The topological polar surface area (TPSA) is 54.8 Å². The summed E-state index contributed by atoms with van der Waals surface area (Å²) in [4.78, 5) is 5.69. The lowest BCUT2D eigenvalue weighted by molar-refractivity contribution is 0.00461. The number of β-amino-alcohol motifs (C(OH)–C–C–N with tert-alkyl or cyclic N) is 1. The third-order valence-corrected chi connectivity index (χ3v) is 5.29. The fourth-order valence-electron chi connectivity index (χ4n) is 3.86. The van der Waals surface area contributed by atoms with Crippen molar-refractivity contribution in [3.63, 3.8) is 0 Å². The van der Waals surface area contributed by atoms with E-state index in [0.29, 0.717) is 11.5 Å². The summed E-state index contributed by atoms with van der Waals surface area (Å²) < 4.78 is 38.0. The van der Waals surface area contributed by atoms with E-state index < -0.39 is 12.0 Å². The largest absolute Gasteiger partial charge is 0.494 e. The van der Waals surface area contributed by atoms with Gasteiger partial charge in [-0.3, -0.25) is 9.88 Å². The Balaban J connectivity index is 1.55. The Hall–Kier alpha value is -2.77. The molecule has 5 nitrogen and oxygen atoms in total. The van der Waals surface area contributed by atoms with Crippen LogP contribution in [-0.4, -0.2) is 60.4 Å². The monoisotopic (exact) mass is 414 g/mol. The molecule has 0 aliphatic carbocycles. The highest BCUT2D eigenvalue weighted by Crippen LogP contribution is 2.37. The van der Waals surface area contributed by atoms with Crippen LogP contribution in [0, 0.1) is 0 Å². The zero-order valence-electron chi connectivity index (χ0n) is 16.7. The van der Waals surface area contributed by atoms with E-state index in [9.17, 15) is 13.9 Å². The molecule has 0 amide bonds. The molecule has 0 spiro atoms. The lowest BCUT2D eigenvalue weighted by Gasteiger charge is -2.20.